The molecular weight excluding hydrogens is 200 g/mol. The van der Waals surface area contributed by atoms with Crippen molar-refractivity contribution in [3.8, 4) is 0 Å². The van der Waals surface area contributed by atoms with Crippen molar-refractivity contribution in [2.24, 2.45) is 0 Å². The maximum Gasteiger partial charge on any atom is 0.320 e. The maximum atomic E-state index is 10.7. The molecular formula is C11H13ClO2. The fraction of sp³-hybridized carbons (Fsp3) is 0.364. The van der Waals surface area contributed by atoms with Crippen molar-refractivity contribution in [2.45, 2.75) is 13.3 Å². The van der Waals surface area contributed by atoms with Gasteiger partial charge in [0.15, 0.2) is 0 Å². The second-order valence-corrected chi connectivity index (χ2v) is 3.36. The van der Waals surface area contributed by atoms with Crippen LogP contribution in [0.15, 0.2) is 24.3 Å². The Labute approximate surface area is 88.8 Å². The Morgan fingerprint density at radius 2 is 2.00 bits per heavy atom. The van der Waals surface area contributed by atoms with Crippen LogP contribution in [0.3, 0.4) is 0 Å². The summed E-state index contributed by atoms with van der Waals surface area (Å²) < 4.78 is 4.85. The molecule has 0 aromatic heterocycles. The number of hydrogen-bond acceptors (Lipinski definition) is 2. The molecule has 0 unspecified atom stereocenters. The van der Waals surface area contributed by atoms with Crippen LogP contribution in [0.5, 0.6) is 0 Å². The van der Waals surface area contributed by atoms with Crippen LogP contribution in [0.25, 0.3) is 0 Å². The molecule has 0 heterocycles. The van der Waals surface area contributed by atoms with Gasteiger partial charge in [-0.25, -0.2) is 0 Å². The van der Waals surface area contributed by atoms with Gasteiger partial charge < -0.3 is 4.74 Å². The second-order valence-electron chi connectivity index (χ2n) is 3.09. The van der Waals surface area contributed by atoms with Crippen LogP contribution < -0.4 is 0 Å². The number of benzene rings is 1. The third kappa shape index (κ3) is 3.79. The first-order valence-corrected chi connectivity index (χ1v) is 5.03. The van der Waals surface area contributed by atoms with Gasteiger partial charge in [-0.05, 0) is 12.5 Å². The molecule has 1 rings (SSSR count). The van der Waals surface area contributed by atoms with Gasteiger partial charge in [-0.3, -0.25) is 4.79 Å². The zero-order valence-electron chi connectivity index (χ0n) is 8.13. The third-order valence-electron chi connectivity index (χ3n) is 1.88. The molecule has 2 nitrogen and oxygen atoms in total. The van der Waals surface area contributed by atoms with Crippen LogP contribution in [-0.4, -0.2) is 18.5 Å². The van der Waals surface area contributed by atoms with Crippen LogP contribution in [0, 0.1) is 6.92 Å². The van der Waals surface area contributed by atoms with E-state index in [0.29, 0.717) is 6.61 Å². The van der Waals surface area contributed by atoms with E-state index in [2.05, 4.69) is 0 Å². The number of carbonyl (C=O) groups is 1. The topological polar surface area (TPSA) is 26.3 Å². The van der Waals surface area contributed by atoms with E-state index in [4.69, 9.17) is 16.3 Å². The van der Waals surface area contributed by atoms with Crippen molar-refractivity contribution in [3.05, 3.63) is 35.4 Å². The van der Waals surface area contributed by atoms with Gasteiger partial charge in [0.1, 0.15) is 5.88 Å². The summed E-state index contributed by atoms with van der Waals surface area (Å²) in [5.41, 5.74) is 2.39. The summed E-state index contributed by atoms with van der Waals surface area (Å²) in [6.45, 7) is 2.44. The molecule has 3 heteroatoms. The van der Waals surface area contributed by atoms with Crippen LogP contribution >= 0.6 is 11.6 Å². The van der Waals surface area contributed by atoms with Crippen molar-refractivity contribution in [3.63, 3.8) is 0 Å². The number of esters is 1. The molecule has 1 aromatic rings. The molecule has 0 amide bonds. The van der Waals surface area contributed by atoms with E-state index in [-0.39, 0.29) is 11.8 Å². The highest BCUT2D eigenvalue weighted by atomic mass is 35.5. The van der Waals surface area contributed by atoms with Gasteiger partial charge in [0.05, 0.1) is 6.61 Å². The summed E-state index contributed by atoms with van der Waals surface area (Å²) in [4.78, 5) is 10.7. The summed E-state index contributed by atoms with van der Waals surface area (Å²) in [7, 11) is 0. The lowest BCUT2D eigenvalue weighted by Gasteiger charge is -2.03. The molecule has 0 bridgehead atoms. The van der Waals surface area contributed by atoms with Crippen LogP contribution in [0.4, 0.5) is 0 Å². The molecule has 0 spiro atoms. The molecule has 0 aliphatic heterocycles. The van der Waals surface area contributed by atoms with E-state index in [1.54, 1.807) is 0 Å². The highest BCUT2D eigenvalue weighted by molar-refractivity contribution is 6.26. The number of ether oxygens (including phenoxy) is 1. The van der Waals surface area contributed by atoms with Crippen molar-refractivity contribution >= 4 is 17.6 Å². The maximum absolute atomic E-state index is 10.7. The van der Waals surface area contributed by atoms with E-state index in [1.807, 2.05) is 31.2 Å². The minimum atomic E-state index is -0.362. The number of carbonyl (C=O) groups excluding carboxylic acids is 1. The van der Waals surface area contributed by atoms with Crippen LogP contribution in [0.2, 0.25) is 0 Å². The molecule has 0 saturated carbocycles. The summed E-state index contributed by atoms with van der Waals surface area (Å²) in [6, 6.07) is 8.14. The lowest BCUT2D eigenvalue weighted by Crippen LogP contribution is -2.08. The number of aryl methyl sites for hydroxylation is 1. The number of rotatable bonds is 4. The van der Waals surface area contributed by atoms with E-state index in [9.17, 15) is 4.79 Å². The molecule has 14 heavy (non-hydrogen) atoms. The lowest BCUT2D eigenvalue weighted by molar-refractivity contribution is -0.140. The van der Waals surface area contributed by atoms with Gasteiger partial charge in [-0.15, -0.1) is 11.6 Å². The second kappa shape index (κ2) is 5.66. The van der Waals surface area contributed by atoms with Crippen molar-refractivity contribution in [1.82, 2.24) is 0 Å². The van der Waals surface area contributed by atoms with Gasteiger partial charge in [-0.2, -0.15) is 0 Å². The molecule has 0 radical (unpaired) electrons. The number of alkyl halides is 1. The van der Waals surface area contributed by atoms with Crippen LogP contribution in [-0.2, 0) is 16.0 Å². The monoisotopic (exact) mass is 212 g/mol. The van der Waals surface area contributed by atoms with Gasteiger partial charge in [0, 0.05) is 6.42 Å². The molecule has 0 fully saturated rings. The predicted octanol–water partition coefficient (Wildman–Crippen LogP) is 2.32. The van der Waals surface area contributed by atoms with Gasteiger partial charge in [0.2, 0.25) is 0 Å². The highest BCUT2D eigenvalue weighted by Crippen LogP contribution is 2.03. The molecule has 0 aliphatic rings. The average Bonchev–Trinajstić information content (AvgIpc) is 2.21. The zero-order valence-corrected chi connectivity index (χ0v) is 8.88. The Hall–Kier alpha value is -1.02. The first-order chi connectivity index (χ1) is 6.72. The Morgan fingerprint density at radius 3 is 2.57 bits per heavy atom. The van der Waals surface area contributed by atoms with Gasteiger partial charge in [0.25, 0.3) is 0 Å². The Balaban J connectivity index is 2.31. The summed E-state index contributed by atoms with van der Waals surface area (Å²) >= 11 is 5.28. The minimum absolute atomic E-state index is 0.0755. The summed E-state index contributed by atoms with van der Waals surface area (Å²) in [5.74, 6) is -0.438. The Morgan fingerprint density at radius 1 is 1.36 bits per heavy atom. The normalized spacial score (nSPS) is 9.86. The highest BCUT2D eigenvalue weighted by Gasteiger charge is 1.99. The van der Waals surface area contributed by atoms with E-state index < -0.39 is 0 Å². The largest absolute Gasteiger partial charge is 0.464 e. The summed E-state index contributed by atoms with van der Waals surface area (Å²) in [6.07, 6.45) is 0.739. The van der Waals surface area contributed by atoms with Crippen molar-refractivity contribution < 1.29 is 9.53 Å². The fourth-order valence-electron chi connectivity index (χ4n) is 1.08. The van der Waals surface area contributed by atoms with E-state index in [1.165, 1.54) is 5.56 Å². The third-order valence-corrected chi connectivity index (χ3v) is 2.10. The molecule has 0 saturated heterocycles. The first-order valence-electron chi connectivity index (χ1n) is 4.49. The summed E-state index contributed by atoms with van der Waals surface area (Å²) in [5, 5.41) is 0. The predicted molar refractivity (Wildman–Crippen MR) is 56.6 cm³/mol. The molecule has 0 atom stereocenters. The molecule has 76 valence electrons. The Bertz CT molecular complexity index is 293. The quantitative estimate of drug-likeness (QED) is 0.566. The fourth-order valence-corrected chi connectivity index (χ4v) is 1.15. The molecule has 1 aromatic carbocycles. The first kappa shape index (κ1) is 11.1. The average molecular weight is 213 g/mol. The van der Waals surface area contributed by atoms with Crippen LogP contribution in [0.1, 0.15) is 11.1 Å². The number of halogens is 1. The smallest absolute Gasteiger partial charge is 0.320 e. The molecule has 0 aliphatic carbocycles. The van der Waals surface area contributed by atoms with E-state index in [0.717, 1.165) is 12.0 Å². The molecule has 0 N–H and O–H groups in total. The number of hydrogen-bond donors (Lipinski definition) is 0. The SMILES string of the molecule is Cc1ccc(CCOC(=O)CCl)cc1. The van der Waals surface area contributed by atoms with Crippen molar-refractivity contribution in [1.29, 1.82) is 0 Å². The van der Waals surface area contributed by atoms with Gasteiger partial charge >= 0.3 is 5.97 Å². The van der Waals surface area contributed by atoms with E-state index >= 15 is 0 Å². The standard InChI is InChI=1S/C11H13ClO2/c1-9-2-4-10(5-3-9)6-7-14-11(13)8-12/h2-5H,6-8H2,1H3. The zero-order chi connectivity index (χ0) is 10.4. The lowest BCUT2D eigenvalue weighted by atomic mass is 10.1. The van der Waals surface area contributed by atoms with Gasteiger partial charge in [-0.1, -0.05) is 29.8 Å². The Kier molecular flexibility index (Phi) is 4.47. The van der Waals surface area contributed by atoms with Crippen molar-refractivity contribution in [2.75, 3.05) is 12.5 Å². The minimum Gasteiger partial charge on any atom is -0.464 e.